The molecule has 0 spiro atoms. The van der Waals surface area contributed by atoms with Crippen LogP contribution in [0.3, 0.4) is 0 Å². The Morgan fingerprint density at radius 2 is 1.95 bits per heavy atom. The van der Waals surface area contributed by atoms with Crippen molar-refractivity contribution < 1.29 is 4.39 Å². The Hall–Kier alpha value is -1.44. The molecule has 0 aliphatic heterocycles. The summed E-state index contributed by atoms with van der Waals surface area (Å²) in [6.45, 7) is 4.81. The standard InChI is InChI=1S/C14H16FIN4/c1-3-6-17-13-8-14(19-9(2)18-13)20-12-5-4-10(15)7-11(12)16/h4-5,7-8H,3,6H2,1-2H3,(H2,17,18,19,20). The molecule has 0 atom stereocenters. The van der Waals surface area contributed by atoms with Gasteiger partial charge in [-0.3, -0.25) is 0 Å². The fraction of sp³-hybridized carbons (Fsp3) is 0.286. The van der Waals surface area contributed by atoms with Crippen LogP contribution in [0.4, 0.5) is 21.7 Å². The van der Waals surface area contributed by atoms with Crippen molar-refractivity contribution in [3.8, 4) is 0 Å². The van der Waals surface area contributed by atoms with E-state index in [9.17, 15) is 4.39 Å². The lowest BCUT2D eigenvalue weighted by Crippen LogP contribution is -2.06. The number of rotatable bonds is 5. The fourth-order valence-corrected chi connectivity index (χ4v) is 2.32. The highest BCUT2D eigenvalue weighted by Crippen LogP contribution is 2.23. The summed E-state index contributed by atoms with van der Waals surface area (Å²) >= 11 is 2.09. The van der Waals surface area contributed by atoms with Gasteiger partial charge in [-0.1, -0.05) is 6.92 Å². The van der Waals surface area contributed by atoms with E-state index in [-0.39, 0.29) is 5.82 Å². The lowest BCUT2D eigenvalue weighted by molar-refractivity contribution is 0.627. The van der Waals surface area contributed by atoms with E-state index < -0.39 is 0 Å². The third-order valence-electron chi connectivity index (χ3n) is 2.59. The summed E-state index contributed by atoms with van der Waals surface area (Å²) in [4.78, 5) is 8.67. The Kier molecular flexibility index (Phi) is 5.11. The lowest BCUT2D eigenvalue weighted by atomic mass is 10.3. The molecule has 6 heteroatoms. The van der Waals surface area contributed by atoms with Gasteiger partial charge in [-0.05, 0) is 54.1 Å². The van der Waals surface area contributed by atoms with E-state index >= 15 is 0 Å². The van der Waals surface area contributed by atoms with Crippen molar-refractivity contribution in [1.82, 2.24) is 9.97 Å². The maximum atomic E-state index is 13.1. The molecule has 0 saturated carbocycles. The van der Waals surface area contributed by atoms with Gasteiger partial charge in [-0.15, -0.1) is 0 Å². The molecular weight excluding hydrogens is 370 g/mol. The summed E-state index contributed by atoms with van der Waals surface area (Å²) in [5.74, 6) is 1.93. The van der Waals surface area contributed by atoms with Crippen molar-refractivity contribution in [2.45, 2.75) is 20.3 Å². The highest BCUT2D eigenvalue weighted by molar-refractivity contribution is 14.1. The minimum Gasteiger partial charge on any atom is -0.370 e. The zero-order valence-corrected chi connectivity index (χ0v) is 13.5. The van der Waals surface area contributed by atoms with E-state index in [2.05, 4.69) is 50.1 Å². The number of aryl methyl sites for hydroxylation is 1. The van der Waals surface area contributed by atoms with E-state index in [1.54, 1.807) is 6.07 Å². The maximum Gasteiger partial charge on any atom is 0.136 e. The molecule has 0 unspecified atom stereocenters. The van der Waals surface area contributed by atoms with Crippen LogP contribution in [-0.2, 0) is 0 Å². The molecule has 0 bridgehead atoms. The molecule has 0 saturated heterocycles. The average molecular weight is 386 g/mol. The number of hydrogen-bond acceptors (Lipinski definition) is 4. The quantitative estimate of drug-likeness (QED) is 0.760. The summed E-state index contributed by atoms with van der Waals surface area (Å²) in [6, 6.07) is 6.46. The molecule has 0 radical (unpaired) electrons. The molecule has 0 amide bonds. The Balaban J connectivity index is 2.21. The SMILES string of the molecule is CCCNc1cc(Nc2ccc(F)cc2I)nc(C)n1. The van der Waals surface area contributed by atoms with Crippen molar-refractivity contribution in [3.63, 3.8) is 0 Å². The average Bonchev–Trinajstić information content (AvgIpc) is 2.39. The van der Waals surface area contributed by atoms with Gasteiger partial charge in [0, 0.05) is 16.2 Å². The van der Waals surface area contributed by atoms with Gasteiger partial charge in [0.05, 0.1) is 5.69 Å². The first-order valence-electron chi connectivity index (χ1n) is 6.40. The predicted molar refractivity (Wildman–Crippen MR) is 87.9 cm³/mol. The van der Waals surface area contributed by atoms with Gasteiger partial charge < -0.3 is 10.6 Å². The zero-order valence-electron chi connectivity index (χ0n) is 11.4. The third-order valence-corrected chi connectivity index (χ3v) is 3.48. The maximum absolute atomic E-state index is 13.1. The highest BCUT2D eigenvalue weighted by Gasteiger charge is 2.05. The molecule has 0 aliphatic carbocycles. The van der Waals surface area contributed by atoms with Gasteiger partial charge in [0.1, 0.15) is 23.3 Å². The molecular formula is C14H16FIN4. The second-order valence-corrected chi connectivity index (χ2v) is 5.52. The molecule has 106 valence electrons. The molecule has 0 fully saturated rings. The van der Waals surface area contributed by atoms with E-state index in [4.69, 9.17) is 0 Å². The number of nitrogens with zero attached hydrogens (tertiary/aromatic N) is 2. The number of anilines is 3. The summed E-state index contributed by atoms with van der Waals surface area (Å²) < 4.78 is 13.9. The monoisotopic (exact) mass is 386 g/mol. The Labute approximate surface area is 131 Å². The van der Waals surface area contributed by atoms with Crippen LogP contribution in [0.15, 0.2) is 24.3 Å². The van der Waals surface area contributed by atoms with E-state index in [0.717, 1.165) is 28.0 Å². The third kappa shape index (κ3) is 4.03. The first-order valence-corrected chi connectivity index (χ1v) is 7.48. The van der Waals surface area contributed by atoms with Crippen molar-refractivity contribution in [2.24, 2.45) is 0 Å². The predicted octanol–water partition coefficient (Wildman–Crippen LogP) is 4.09. The normalized spacial score (nSPS) is 10.4. The van der Waals surface area contributed by atoms with Crippen LogP contribution >= 0.6 is 22.6 Å². The number of hydrogen-bond donors (Lipinski definition) is 2. The smallest absolute Gasteiger partial charge is 0.136 e. The van der Waals surface area contributed by atoms with Gasteiger partial charge >= 0.3 is 0 Å². The van der Waals surface area contributed by atoms with Crippen molar-refractivity contribution in [2.75, 3.05) is 17.2 Å². The Morgan fingerprint density at radius 3 is 2.65 bits per heavy atom. The molecule has 1 heterocycles. The van der Waals surface area contributed by atoms with Crippen LogP contribution in [0.1, 0.15) is 19.2 Å². The molecule has 20 heavy (non-hydrogen) atoms. The van der Waals surface area contributed by atoms with Crippen LogP contribution in [0.25, 0.3) is 0 Å². The number of benzene rings is 1. The number of nitrogens with one attached hydrogen (secondary N) is 2. The van der Waals surface area contributed by atoms with E-state index in [1.807, 2.05) is 13.0 Å². The molecule has 0 aliphatic rings. The van der Waals surface area contributed by atoms with E-state index in [1.165, 1.54) is 12.1 Å². The summed E-state index contributed by atoms with van der Waals surface area (Å²) in [5.41, 5.74) is 0.826. The first kappa shape index (κ1) is 15.0. The minimum absolute atomic E-state index is 0.246. The van der Waals surface area contributed by atoms with Crippen molar-refractivity contribution >= 4 is 39.9 Å². The summed E-state index contributed by atoms with van der Waals surface area (Å²) in [5, 5.41) is 6.42. The van der Waals surface area contributed by atoms with E-state index in [0.29, 0.717) is 11.6 Å². The summed E-state index contributed by atoms with van der Waals surface area (Å²) in [6.07, 6.45) is 1.03. The summed E-state index contributed by atoms with van der Waals surface area (Å²) in [7, 11) is 0. The topological polar surface area (TPSA) is 49.8 Å². The van der Waals surface area contributed by atoms with Gasteiger partial charge in [-0.25, -0.2) is 14.4 Å². The van der Waals surface area contributed by atoms with Gasteiger partial charge in [0.2, 0.25) is 0 Å². The molecule has 1 aromatic carbocycles. The molecule has 2 N–H and O–H groups in total. The molecule has 1 aromatic heterocycles. The van der Waals surface area contributed by atoms with Crippen LogP contribution in [0, 0.1) is 16.3 Å². The van der Waals surface area contributed by atoms with Crippen LogP contribution in [-0.4, -0.2) is 16.5 Å². The van der Waals surface area contributed by atoms with Crippen LogP contribution < -0.4 is 10.6 Å². The number of halogens is 2. The molecule has 2 rings (SSSR count). The second kappa shape index (κ2) is 6.83. The Bertz CT molecular complexity index is 604. The highest BCUT2D eigenvalue weighted by atomic mass is 127. The number of aromatic nitrogens is 2. The van der Waals surface area contributed by atoms with Crippen LogP contribution in [0.5, 0.6) is 0 Å². The lowest BCUT2D eigenvalue weighted by Gasteiger charge is -2.11. The first-order chi connectivity index (χ1) is 9.58. The Morgan fingerprint density at radius 1 is 1.20 bits per heavy atom. The van der Waals surface area contributed by atoms with Gasteiger partial charge in [0.15, 0.2) is 0 Å². The fourth-order valence-electron chi connectivity index (χ4n) is 1.70. The van der Waals surface area contributed by atoms with Crippen LogP contribution in [0.2, 0.25) is 0 Å². The molecule has 4 nitrogen and oxygen atoms in total. The van der Waals surface area contributed by atoms with Gasteiger partial charge in [0.25, 0.3) is 0 Å². The van der Waals surface area contributed by atoms with Crippen molar-refractivity contribution in [3.05, 3.63) is 39.5 Å². The van der Waals surface area contributed by atoms with Crippen molar-refractivity contribution in [1.29, 1.82) is 0 Å². The second-order valence-electron chi connectivity index (χ2n) is 4.36. The minimum atomic E-state index is -0.246. The largest absolute Gasteiger partial charge is 0.370 e. The molecule has 2 aromatic rings. The van der Waals surface area contributed by atoms with Gasteiger partial charge in [-0.2, -0.15) is 0 Å². The zero-order chi connectivity index (χ0) is 14.5.